The van der Waals surface area contributed by atoms with E-state index in [4.69, 9.17) is 23.5 Å². The zero-order chi connectivity index (χ0) is 36.9. The molecule has 3 heterocycles. The van der Waals surface area contributed by atoms with E-state index < -0.39 is 47.5 Å². The van der Waals surface area contributed by atoms with Crippen molar-refractivity contribution in [2.24, 2.45) is 0 Å². The number of carbonyl (C=O) groups excluding carboxylic acids is 4. The average molecular weight is 711 g/mol. The van der Waals surface area contributed by atoms with E-state index in [1.54, 1.807) is 52.5 Å². The van der Waals surface area contributed by atoms with Gasteiger partial charge in [-0.05, 0) is 65.3 Å². The van der Waals surface area contributed by atoms with Crippen molar-refractivity contribution in [2.75, 3.05) is 54.0 Å². The van der Waals surface area contributed by atoms with Crippen molar-refractivity contribution in [1.29, 1.82) is 0 Å². The summed E-state index contributed by atoms with van der Waals surface area (Å²) in [5.41, 5.74) is -0.400. The maximum atomic E-state index is 15.8. The quantitative estimate of drug-likeness (QED) is 0.259. The number of ether oxygens (including phenoxy) is 4. The van der Waals surface area contributed by atoms with E-state index in [1.807, 2.05) is 30.3 Å². The summed E-state index contributed by atoms with van der Waals surface area (Å²) in [6.07, 6.45) is -2.40. The first-order valence-corrected chi connectivity index (χ1v) is 16.5. The summed E-state index contributed by atoms with van der Waals surface area (Å²) in [6.45, 7) is 10.6. The summed E-state index contributed by atoms with van der Waals surface area (Å²) in [7, 11) is 0. The molecular formula is C35H43FN6O9. The summed E-state index contributed by atoms with van der Waals surface area (Å²) in [4.78, 5) is 56.6. The average Bonchev–Trinajstić information content (AvgIpc) is 3.65. The first-order chi connectivity index (χ1) is 24.1. The molecule has 1 aromatic heterocycles. The molecule has 0 saturated carbocycles. The number of amides is 4. The Bertz CT molecular complexity index is 1690. The lowest BCUT2D eigenvalue weighted by molar-refractivity contribution is -0.0421. The van der Waals surface area contributed by atoms with Crippen LogP contribution in [0.15, 0.2) is 65.4 Å². The number of nitrogens with zero attached hydrogens (tertiary/aromatic N) is 6. The maximum absolute atomic E-state index is 15.8. The predicted molar refractivity (Wildman–Crippen MR) is 183 cm³/mol. The van der Waals surface area contributed by atoms with Gasteiger partial charge in [-0.25, -0.2) is 33.6 Å². The van der Waals surface area contributed by atoms with E-state index in [2.05, 4.69) is 5.16 Å². The van der Waals surface area contributed by atoms with Crippen molar-refractivity contribution in [3.8, 4) is 0 Å². The molecule has 15 nitrogen and oxygen atoms in total. The largest absolute Gasteiger partial charge is 0.443 e. The fourth-order valence-electron chi connectivity index (χ4n) is 5.39. The van der Waals surface area contributed by atoms with E-state index in [-0.39, 0.29) is 63.1 Å². The molecule has 3 aromatic rings. The van der Waals surface area contributed by atoms with Gasteiger partial charge < -0.3 is 28.4 Å². The monoisotopic (exact) mass is 710 g/mol. The third kappa shape index (κ3) is 9.58. The molecule has 1 atom stereocenters. The van der Waals surface area contributed by atoms with Gasteiger partial charge in [0.05, 0.1) is 37.6 Å². The molecule has 0 N–H and O–H groups in total. The lowest BCUT2D eigenvalue weighted by atomic mass is 10.2. The van der Waals surface area contributed by atoms with Gasteiger partial charge in [0.1, 0.15) is 36.0 Å². The summed E-state index contributed by atoms with van der Waals surface area (Å²) in [5, 5.41) is 6.17. The van der Waals surface area contributed by atoms with Crippen LogP contribution in [0.25, 0.3) is 0 Å². The molecule has 274 valence electrons. The minimum atomic E-state index is -0.829. The number of rotatable bonds is 7. The van der Waals surface area contributed by atoms with Gasteiger partial charge in [0, 0.05) is 19.2 Å². The molecule has 0 bridgehead atoms. The Labute approximate surface area is 295 Å². The van der Waals surface area contributed by atoms with E-state index in [0.29, 0.717) is 0 Å². The summed E-state index contributed by atoms with van der Waals surface area (Å²) >= 11 is 0. The molecule has 2 aliphatic rings. The standard InChI is InChI=1S/C35H43FN6O9/c1-34(2,3)50-31(44)40(29-14-19-48-37-29)22-26-21-39(30(43)49-26)25-12-13-28(27(36)20-25)38-15-17-41(32(45)47-23-24-10-8-7-9-11-24)42(18-16-38)33(46)51-35(4,5)6/h7-14,19-20,26H,15-18,21-23H2,1-6H3/t26-/m1/s1. The van der Waals surface area contributed by atoms with Crippen molar-refractivity contribution in [1.82, 2.24) is 15.2 Å². The Balaban J connectivity index is 1.28. The molecule has 2 fully saturated rings. The van der Waals surface area contributed by atoms with Crippen molar-refractivity contribution >= 4 is 41.6 Å². The first kappa shape index (κ1) is 36.7. The number of hydrogen-bond donors (Lipinski definition) is 0. The molecule has 2 aromatic carbocycles. The van der Waals surface area contributed by atoms with Crippen molar-refractivity contribution in [3.05, 3.63) is 72.2 Å². The lowest BCUT2D eigenvalue weighted by Crippen LogP contribution is -2.52. The number of hydrogen-bond acceptors (Lipinski definition) is 11. The summed E-state index contributed by atoms with van der Waals surface area (Å²) in [6, 6.07) is 14.9. The fraction of sp³-hybridized carbons (Fsp3) is 0.457. The molecule has 2 aliphatic heterocycles. The molecule has 0 spiro atoms. The van der Waals surface area contributed by atoms with Gasteiger partial charge in [-0.3, -0.25) is 9.80 Å². The Morgan fingerprint density at radius 3 is 2.18 bits per heavy atom. The Kier molecular flexibility index (Phi) is 10.9. The second-order valence-electron chi connectivity index (χ2n) is 14.0. The molecule has 5 rings (SSSR count). The second-order valence-corrected chi connectivity index (χ2v) is 14.0. The molecule has 0 unspecified atom stereocenters. The highest BCUT2D eigenvalue weighted by molar-refractivity contribution is 5.91. The molecule has 0 radical (unpaired) electrons. The number of carbonyl (C=O) groups is 4. The van der Waals surface area contributed by atoms with Crippen LogP contribution in [0.2, 0.25) is 0 Å². The molecular weight excluding hydrogens is 667 g/mol. The Morgan fingerprint density at radius 2 is 1.57 bits per heavy atom. The summed E-state index contributed by atoms with van der Waals surface area (Å²) in [5.74, 6) is -0.453. The number of anilines is 3. The van der Waals surface area contributed by atoms with Crippen LogP contribution in [0.1, 0.15) is 47.1 Å². The number of aromatic nitrogens is 1. The van der Waals surface area contributed by atoms with Gasteiger partial charge in [0.2, 0.25) is 0 Å². The number of cyclic esters (lactones) is 1. The van der Waals surface area contributed by atoms with Crippen molar-refractivity contribution < 1.29 is 47.0 Å². The molecule has 0 aliphatic carbocycles. The third-order valence-electron chi connectivity index (χ3n) is 7.63. The van der Waals surface area contributed by atoms with Gasteiger partial charge in [0.25, 0.3) is 0 Å². The molecule has 51 heavy (non-hydrogen) atoms. The SMILES string of the molecule is CC(C)(C)OC(=O)N(C[C@H]1CN(c2ccc(N3CCN(C(=O)OCc4ccccc4)N(C(=O)OC(C)(C)C)CC3)c(F)c2)C(=O)O1)c1ccon1. The van der Waals surface area contributed by atoms with Crippen LogP contribution in [0.5, 0.6) is 0 Å². The highest BCUT2D eigenvalue weighted by Gasteiger charge is 2.38. The second kappa shape index (κ2) is 15.1. The normalized spacial score (nSPS) is 16.8. The molecule has 2 saturated heterocycles. The number of benzene rings is 2. The topological polar surface area (TPSA) is 147 Å². The van der Waals surface area contributed by atoms with Gasteiger partial charge in [-0.1, -0.05) is 35.5 Å². The minimum absolute atomic E-state index is 0.00280. The molecule has 4 amide bonds. The first-order valence-electron chi connectivity index (χ1n) is 16.5. The number of halogens is 1. The van der Waals surface area contributed by atoms with Crippen LogP contribution in [-0.2, 0) is 25.6 Å². The Morgan fingerprint density at radius 1 is 0.902 bits per heavy atom. The zero-order valence-electron chi connectivity index (χ0n) is 29.5. The fourth-order valence-corrected chi connectivity index (χ4v) is 5.39. The smallest absolute Gasteiger partial charge is 0.429 e. The number of hydrazine groups is 1. The van der Waals surface area contributed by atoms with Crippen LogP contribution in [0, 0.1) is 5.82 Å². The van der Waals surface area contributed by atoms with Crippen molar-refractivity contribution in [3.63, 3.8) is 0 Å². The van der Waals surface area contributed by atoms with Crippen LogP contribution >= 0.6 is 0 Å². The third-order valence-corrected chi connectivity index (χ3v) is 7.63. The highest BCUT2D eigenvalue weighted by atomic mass is 19.1. The molecule has 16 heteroatoms. The minimum Gasteiger partial charge on any atom is -0.443 e. The van der Waals surface area contributed by atoms with Crippen LogP contribution in [0.3, 0.4) is 0 Å². The zero-order valence-corrected chi connectivity index (χ0v) is 29.5. The van der Waals surface area contributed by atoms with Crippen molar-refractivity contribution in [2.45, 2.75) is 65.5 Å². The van der Waals surface area contributed by atoms with Gasteiger partial charge >= 0.3 is 24.4 Å². The Hall–Kier alpha value is -5.54. The lowest BCUT2D eigenvalue weighted by Gasteiger charge is -2.33. The highest BCUT2D eigenvalue weighted by Crippen LogP contribution is 2.30. The van der Waals surface area contributed by atoms with E-state index in [0.717, 1.165) is 5.56 Å². The van der Waals surface area contributed by atoms with Gasteiger partial charge in [-0.2, -0.15) is 0 Å². The van der Waals surface area contributed by atoms with Crippen LogP contribution < -0.4 is 14.7 Å². The van der Waals surface area contributed by atoms with E-state index in [1.165, 1.54) is 44.3 Å². The van der Waals surface area contributed by atoms with Gasteiger partial charge in [-0.15, -0.1) is 0 Å². The van der Waals surface area contributed by atoms with E-state index in [9.17, 15) is 19.2 Å². The van der Waals surface area contributed by atoms with Crippen LogP contribution in [0.4, 0.5) is 40.8 Å². The summed E-state index contributed by atoms with van der Waals surface area (Å²) < 4.78 is 42.9. The van der Waals surface area contributed by atoms with Gasteiger partial charge in [0.15, 0.2) is 5.82 Å². The maximum Gasteiger partial charge on any atom is 0.429 e. The van der Waals surface area contributed by atoms with E-state index >= 15 is 4.39 Å². The predicted octanol–water partition coefficient (Wildman–Crippen LogP) is 6.19. The van der Waals surface area contributed by atoms with Crippen LogP contribution in [-0.4, -0.2) is 96.1 Å².